The van der Waals surface area contributed by atoms with Crippen LogP contribution >= 0.6 is 27.3 Å². The number of likely N-dealkylation sites (N-methyl/N-ethyl adjacent to an activating group) is 1. The van der Waals surface area contributed by atoms with Gasteiger partial charge < -0.3 is 4.74 Å². The van der Waals surface area contributed by atoms with Crippen LogP contribution in [-0.2, 0) is 10.0 Å². The molecule has 1 aromatic carbocycles. The third-order valence-corrected chi connectivity index (χ3v) is 6.58. The first-order valence-corrected chi connectivity index (χ1v) is 8.94. The molecule has 0 aliphatic carbocycles. The summed E-state index contributed by atoms with van der Waals surface area (Å²) in [5.41, 5.74) is 0. The molecule has 0 bridgehead atoms. The normalized spacial score (nSPS) is 11.8. The van der Waals surface area contributed by atoms with Crippen LogP contribution in [0.3, 0.4) is 0 Å². The van der Waals surface area contributed by atoms with Crippen LogP contribution in [0.25, 0.3) is 0 Å². The van der Waals surface area contributed by atoms with E-state index in [1.165, 1.54) is 15.6 Å². The second-order valence-electron chi connectivity index (χ2n) is 4.05. The second-order valence-corrected chi connectivity index (χ2v) is 8.78. The Morgan fingerprint density at radius 1 is 1.20 bits per heavy atom. The van der Waals surface area contributed by atoms with Gasteiger partial charge in [0, 0.05) is 13.6 Å². The number of halogens is 1. The molecule has 1 heterocycles. The fourth-order valence-electron chi connectivity index (χ4n) is 1.52. The summed E-state index contributed by atoms with van der Waals surface area (Å²) in [6, 6.07) is 12.6. The molecule has 7 heteroatoms. The van der Waals surface area contributed by atoms with Gasteiger partial charge in [-0.3, -0.25) is 0 Å². The van der Waals surface area contributed by atoms with Crippen LogP contribution in [-0.4, -0.2) is 32.9 Å². The fraction of sp³-hybridized carbons (Fsp3) is 0.231. The number of benzene rings is 1. The highest BCUT2D eigenvalue weighted by Crippen LogP contribution is 2.27. The van der Waals surface area contributed by atoms with Crippen LogP contribution < -0.4 is 4.74 Å². The molecule has 0 amide bonds. The average molecular weight is 376 g/mol. The van der Waals surface area contributed by atoms with E-state index in [9.17, 15) is 8.42 Å². The Kier molecular flexibility index (Phi) is 5.20. The van der Waals surface area contributed by atoms with Crippen molar-refractivity contribution >= 4 is 37.3 Å². The number of hydrogen-bond acceptors (Lipinski definition) is 4. The summed E-state index contributed by atoms with van der Waals surface area (Å²) in [5.74, 6) is 0.733. The van der Waals surface area contributed by atoms with Crippen LogP contribution in [0, 0.1) is 0 Å². The first kappa shape index (κ1) is 15.5. The fourth-order valence-corrected chi connectivity index (χ4v) is 4.89. The minimum Gasteiger partial charge on any atom is -0.492 e. The molecular weight excluding hydrogens is 362 g/mol. The third kappa shape index (κ3) is 3.82. The van der Waals surface area contributed by atoms with Gasteiger partial charge in [0.25, 0.3) is 10.0 Å². The van der Waals surface area contributed by atoms with Gasteiger partial charge in [0.05, 0.1) is 3.79 Å². The molecule has 0 aliphatic rings. The van der Waals surface area contributed by atoms with E-state index in [1.807, 2.05) is 30.3 Å². The van der Waals surface area contributed by atoms with E-state index in [2.05, 4.69) is 15.9 Å². The minimum absolute atomic E-state index is 0.298. The molecule has 0 unspecified atom stereocenters. The SMILES string of the molecule is CN(CCOc1ccccc1)S(=O)(=O)c1ccc(Br)s1. The van der Waals surface area contributed by atoms with Gasteiger partial charge in [-0.2, -0.15) is 4.31 Å². The highest BCUT2D eigenvalue weighted by molar-refractivity contribution is 9.11. The number of nitrogens with zero attached hydrogens (tertiary/aromatic N) is 1. The van der Waals surface area contributed by atoms with E-state index in [0.29, 0.717) is 17.4 Å². The quantitative estimate of drug-likeness (QED) is 0.778. The van der Waals surface area contributed by atoms with Gasteiger partial charge >= 0.3 is 0 Å². The average Bonchev–Trinajstić information content (AvgIpc) is 2.87. The molecular formula is C13H14BrNO3S2. The Morgan fingerprint density at radius 3 is 2.50 bits per heavy atom. The zero-order valence-electron chi connectivity index (χ0n) is 10.8. The number of ether oxygens (including phenoxy) is 1. The van der Waals surface area contributed by atoms with Crippen LogP contribution in [0.2, 0.25) is 0 Å². The number of hydrogen-bond donors (Lipinski definition) is 0. The lowest BCUT2D eigenvalue weighted by Crippen LogP contribution is -2.30. The maximum absolute atomic E-state index is 12.2. The number of sulfonamides is 1. The van der Waals surface area contributed by atoms with Gasteiger partial charge in [0.1, 0.15) is 16.6 Å². The molecule has 108 valence electrons. The van der Waals surface area contributed by atoms with Gasteiger partial charge in [0.15, 0.2) is 0 Å². The molecule has 1 aromatic heterocycles. The van der Waals surface area contributed by atoms with Crippen LogP contribution in [0.1, 0.15) is 0 Å². The molecule has 0 spiro atoms. The third-order valence-electron chi connectivity index (χ3n) is 2.63. The number of rotatable bonds is 6. The summed E-state index contributed by atoms with van der Waals surface area (Å²) < 4.78 is 32.4. The van der Waals surface area contributed by atoms with Gasteiger partial charge in [-0.25, -0.2) is 8.42 Å². The van der Waals surface area contributed by atoms with Crippen molar-refractivity contribution in [1.29, 1.82) is 0 Å². The van der Waals surface area contributed by atoms with Gasteiger partial charge in [-0.05, 0) is 40.2 Å². The Morgan fingerprint density at radius 2 is 1.90 bits per heavy atom. The van der Waals surface area contributed by atoms with Crippen molar-refractivity contribution in [1.82, 2.24) is 4.31 Å². The van der Waals surface area contributed by atoms with Crippen molar-refractivity contribution in [3.05, 3.63) is 46.3 Å². The second kappa shape index (κ2) is 6.71. The highest BCUT2D eigenvalue weighted by atomic mass is 79.9. The lowest BCUT2D eigenvalue weighted by Gasteiger charge is -2.16. The Hall–Kier alpha value is -0.890. The maximum atomic E-state index is 12.2. The molecule has 4 nitrogen and oxygen atoms in total. The summed E-state index contributed by atoms with van der Waals surface area (Å²) in [6.45, 7) is 0.610. The standard InChI is InChI=1S/C13H14BrNO3S2/c1-15(9-10-18-11-5-3-2-4-6-11)20(16,17)13-8-7-12(14)19-13/h2-8H,9-10H2,1H3. The summed E-state index contributed by atoms with van der Waals surface area (Å²) in [5, 5.41) is 0. The van der Waals surface area contributed by atoms with E-state index in [0.717, 1.165) is 9.54 Å². The smallest absolute Gasteiger partial charge is 0.252 e. The molecule has 2 aromatic rings. The van der Waals surface area contributed by atoms with Gasteiger partial charge in [-0.1, -0.05) is 18.2 Å². The molecule has 0 radical (unpaired) electrons. The van der Waals surface area contributed by atoms with Crippen molar-refractivity contribution in [2.24, 2.45) is 0 Å². The largest absolute Gasteiger partial charge is 0.492 e. The minimum atomic E-state index is -3.43. The lowest BCUT2D eigenvalue weighted by molar-refractivity contribution is 0.287. The number of para-hydroxylation sites is 1. The van der Waals surface area contributed by atoms with Crippen LogP contribution in [0.15, 0.2) is 50.5 Å². The van der Waals surface area contributed by atoms with Crippen molar-refractivity contribution in [3.63, 3.8) is 0 Å². The van der Waals surface area contributed by atoms with Crippen LogP contribution in [0.5, 0.6) is 5.75 Å². The summed E-state index contributed by atoms with van der Waals surface area (Å²) >= 11 is 4.47. The van der Waals surface area contributed by atoms with Crippen LogP contribution in [0.4, 0.5) is 0 Å². The predicted octanol–water partition coefficient (Wildman–Crippen LogP) is 3.21. The molecule has 0 fully saturated rings. The molecule has 0 saturated heterocycles. The van der Waals surface area contributed by atoms with E-state index in [1.54, 1.807) is 19.2 Å². The Bertz CT molecular complexity index is 655. The zero-order valence-corrected chi connectivity index (χ0v) is 14.0. The van der Waals surface area contributed by atoms with E-state index < -0.39 is 10.0 Å². The lowest BCUT2D eigenvalue weighted by atomic mass is 10.3. The van der Waals surface area contributed by atoms with E-state index >= 15 is 0 Å². The topological polar surface area (TPSA) is 46.6 Å². The predicted molar refractivity (Wildman–Crippen MR) is 83.8 cm³/mol. The Balaban J connectivity index is 1.93. The summed E-state index contributed by atoms with van der Waals surface area (Å²) in [6.07, 6.45) is 0. The maximum Gasteiger partial charge on any atom is 0.252 e. The summed E-state index contributed by atoms with van der Waals surface area (Å²) in [7, 11) is -1.88. The molecule has 2 rings (SSSR count). The zero-order chi connectivity index (χ0) is 14.6. The van der Waals surface area contributed by atoms with Crippen molar-refractivity contribution in [2.45, 2.75) is 4.21 Å². The molecule has 0 N–H and O–H groups in total. The van der Waals surface area contributed by atoms with E-state index in [-0.39, 0.29) is 0 Å². The monoisotopic (exact) mass is 375 g/mol. The summed E-state index contributed by atoms with van der Waals surface area (Å²) in [4.78, 5) is 0. The molecule has 20 heavy (non-hydrogen) atoms. The highest BCUT2D eigenvalue weighted by Gasteiger charge is 2.22. The molecule has 0 atom stereocenters. The Labute approximate surface area is 131 Å². The van der Waals surface area contributed by atoms with Gasteiger partial charge in [0.2, 0.25) is 0 Å². The first-order chi connectivity index (χ1) is 9.50. The molecule has 0 saturated carbocycles. The van der Waals surface area contributed by atoms with E-state index in [4.69, 9.17) is 4.74 Å². The van der Waals surface area contributed by atoms with Crippen molar-refractivity contribution in [2.75, 3.05) is 20.2 Å². The number of thiophene rings is 1. The van der Waals surface area contributed by atoms with Crippen molar-refractivity contribution < 1.29 is 13.2 Å². The van der Waals surface area contributed by atoms with Gasteiger partial charge in [-0.15, -0.1) is 11.3 Å². The van der Waals surface area contributed by atoms with Crippen molar-refractivity contribution in [3.8, 4) is 5.75 Å². The molecule has 0 aliphatic heterocycles. The first-order valence-electron chi connectivity index (χ1n) is 5.89.